The summed E-state index contributed by atoms with van der Waals surface area (Å²) in [6, 6.07) is 14.0. The van der Waals surface area contributed by atoms with Crippen LogP contribution in [0.3, 0.4) is 0 Å². The van der Waals surface area contributed by atoms with E-state index in [2.05, 4.69) is 5.32 Å². The van der Waals surface area contributed by atoms with Gasteiger partial charge in [-0.2, -0.15) is 0 Å². The molecule has 3 nitrogen and oxygen atoms in total. The summed E-state index contributed by atoms with van der Waals surface area (Å²) in [5.74, 6) is -0.879. The molecular formula is C17H19NO2. The fourth-order valence-electron chi connectivity index (χ4n) is 3.29. The van der Waals surface area contributed by atoms with Crippen molar-refractivity contribution in [2.45, 2.75) is 18.8 Å². The number of carboxylic acid groups (broad SMARTS) is 1. The van der Waals surface area contributed by atoms with E-state index in [0.29, 0.717) is 0 Å². The predicted octanol–water partition coefficient (Wildman–Crippen LogP) is 3.01. The highest BCUT2D eigenvalue weighted by Gasteiger charge is 2.31. The third kappa shape index (κ3) is 2.41. The number of hydrogen-bond acceptors (Lipinski definition) is 2. The second kappa shape index (κ2) is 5.63. The fourth-order valence-corrected chi connectivity index (χ4v) is 3.29. The molecule has 0 bridgehead atoms. The summed E-state index contributed by atoms with van der Waals surface area (Å²) < 4.78 is 0. The van der Waals surface area contributed by atoms with Gasteiger partial charge in [0, 0.05) is 0 Å². The van der Waals surface area contributed by atoms with Crippen LogP contribution < -0.4 is 5.32 Å². The van der Waals surface area contributed by atoms with Gasteiger partial charge in [0.15, 0.2) is 0 Å². The molecule has 104 valence electrons. The van der Waals surface area contributed by atoms with Crippen molar-refractivity contribution in [1.82, 2.24) is 5.32 Å². The van der Waals surface area contributed by atoms with Crippen LogP contribution in [0.5, 0.6) is 0 Å². The zero-order valence-electron chi connectivity index (χ0n) is 11.4. The van der Waals surface area contributed by atoms with E-state index >= 15 is 0 Å². The molecule has 1 aliphatic rings. The summed E-state index contributed by atoms with van der Waals surface area (Å²) in [7, 11) is 0. The average Bonchev–Trinajstić information content (AvgIpc) is 2.48. The van der Waals surface area contributed by atoms with E-state index in [4.69, 9.17) is 0 Å². The SMILES string of the molecule is O=C(O)C(c1cccc2ccccc12)C1CCNCC1. The molecule has 20 heavy (non-hydrogen) atoms. The van der Waals surface area contributed by atoms with Crippen molar-refractivity contribution in [2.24, 2.45) is 5.92 Å². The number of carbonyl (C=O) groups is 1. The maximum atomic E-state index is 11.8. The molecule has 0 saturated carbocycles. The van der Waals surface area contributed by atoms with E-state index < -0.39 is 11.9 Å². The van der Waals surface area contributed by atoms with Crippen LogP contribution in [0.1, 0.15) is 24.3 Å². The largest absolute Gasteiger partial charge is 0.481 e. The van der Waals surface area contributed by atoms with E-state index in [1.54, 1.807) is 0 Å². The molecule has 0 amide bonds. The average molecular weight is 269 g/mol. The third-order valence-corrected chi connectivity index (χ3v) is 4.28. The molecule has 1 heterocycles. The van der Waals surface area contributed by atoms with Crippen molar-refractivity contribution in [3.63, 3.8) is 0 Å². The topological polar surface area (TPSA) is 49.3 Å². The van der Waals surface area contributed by atoms with E-state index in [-0.39, 0.29) is 5.92 Å². The van der Waals surface area contributed by atoms with Gasteiger partial charge in [-0.05, 0) is 48.2 Å². The Morgan fingerprint density at radius 1 is 1.10 bits per heavy atom. The maximum Gasteiger partial charge on any atom is 0.311 e. The zero-order chi connectivity index (χ0) is 13.9. The lowest BCUT2D eigenvalue weighted by atomic mass is 9.79. The number of fused-ring (bicyclic) bond motifs is 1. The van der Waals surface area contributed by atoms with Gasteiger partial charge in [0.05, 0.1) is 5.92 Å². The van der Waals surface area contributed by atoms with E-state index in [1.807, 2.05) is 42.5 Å². The summed E-state index contributed by atoms with van der Waals surface area (Å²) >= 11 is 0. The summed E-state index contributed by atoms with van der Waals surface area (Å²) in [5.41, 5.74) is 0.961. The van der Waals surface area contributed by atoms with Gasteiger partial charge in [-0.25, -0.2) is 0 Å². The molecule has 3 rings (SSSR count). The molecule has 1 fully saturated rings. The lowest BCUT2D eigenvalue weighted by molar-refractivity contribution is -0.140. The van der Waals surface area contributed by atoms with Crippen LogP contribution in [0.4, 0.5) is 0 Å². The maximum absolute atomic E-state index is 11.8. The summed E-state index contributed by atoms with van der Waals surface area (Å²) in [6.07, 6.45) is 1.86. The van der Waals surface area contributed by atoms with E-state index in [1.165, 1.54) is 0 Å². The minimum absolute atomic E-state index is 0.222. The Morgan fingerprint density at radius 2 is 1.80 bits per heavy atom. The first kappa shape index (κ1) is 13.1. The first-order valence-electron chi connectivity index (χ1n) is 7.18. The molecule has 2 N–H and O–H groups in total. The standard InChI is InChI=1S/C17H19NO2/c19-17(20)16(13-8-10-18-11-9-13)15-7-3-5-12-4-1-2-6-14(12)15/h1-7,13,16,18H,8-11H2,(H,19,20). The summed E-state index contributed by atoms with van der Waals surface area (Å²) in [4.78, 5) is 11.8. The molecule has 1 atom stereocenters. The lowest BCUT2D eigenvalue weighted by Gasteiger charge is -2.29. The molecule has 0 aliphatic carbocycles. The summed E-state index contributed by atoms with van der Waals surface area (Å²) in [5, 5.41) is 15.2. The van der Waals surface area contributed by atoms with Crippen molar-refractivity contribution in [3.05, 3.63) is 48.0 Å². The van der Waals surface area contributed by atoms with Crippen molar-refractivity contribution in [2.75, 3.05) is 13.1 Å². The Labute approximate surface area is 118 Å². The Bertz CT molecular complexity index is 612. The minimum atomic E-state index is -0.701. The highest BCUT2D eigenvalue weighted by Crippen LogP contribution is 2.35. The number of rotatable bonds is 3. The van der Waals surface area contributed by atoms with Crippen LogP contribution in [0.2, 0.25) is 0 Å². The highest BCUT2D eigenvalue weighted by atomic mass is 16.4. The van der Waals surface area contributed by atoms with Gasteiger partial charge >= 0.3 is 5.97 Å². The van der Waals surface area contributed by atoms with Crippen LogP contribution in [0.15, 0.2) is 42.5 Å². The van der Waals surface area contributed by atoms with Gasteiger partial charge in [-0.1, -0.05) is 42.5 Å². The van der Waals surface area contributed by atoms with Gasteiger partial charge in [-0.3, -0.25) is 4.79 Å². The van der Waals surface area contributed by atoms with Gasteiger partial charge in [0.25, 0.3) is 0 Å². The van der Waals surface area contributed by atoms with Crippen molar-refractivity contribution in [1.29, 1.82) is 0 Å². The second-order valence-electron chi connectivity index (χ2n) is 5.47. The molecule has 2 aromatic carbocycles. The van der Waals surface area contributed by atoms with Crippen molar-refractivity contribution in [3.8, 4) is 0 Å². The van der Waals surface area contributed by atoms with Crippen LogP contribution in [-0.2, 0) is 4.79 Å². The van der Waals surface area contributed by atoms with Gasteiger partial charge in [0.1, 0.15) is 0 Å². The molecule has 1 aliphatic heterocycles. The zero-order valence-corrected chi connectivity index (χ0v) is 11.4. The molecule has 1 unspecified atom stereocenters. The Balaban J connectivity index is 2.07. The number of nitrogens with one attached hydrogen (secondary N) is 1. The number of hydrogen-bond donors (Lipinski definition) is 2. The number of piperidine rings is 1. The van der Waals surface area contributed by atoms with Crippen LogP contribution in [0.25, 0.3) is 10.8 Å². The lowest BCUT2D eigenvalue weighted by Crippen LogP contribution is -2.33. The molecule has 1 saturated heterocycles. The van der Waals surface area contributed by atoms with E-state index in [9.17, 15) is 9.90 Å². The predicted molar refractivity (Wildman–Crippen MR) is 79.9 cm³/mol. The van der Waals surface area contributed by atoms with Crippen LogP contribution in [0, 0.1) is 5.92 Å². The van der Waals surface area contributed by atoms with Crippen molar-refractivity contribution < 1.29 is 9.90 Å². The molecule has 0 aromatic heterocycles. The van der Waals surface area contributed by atoms with Crippen LogP contribution in [-0.4, -0.2) is 24.2 Å². The highest BCUT2D eigenvalue weighted by molar-refractivity contribution is 5.90. The van der Waals surface area contributed by atoms with Gasteiger partial charge in [-0.15, -0.1) is 0 Å². The Morgan fingerprint density at radius 3 is 2.55 bits per heavy atom. The quantitative estimate of drug-likeness (QED) is 0.900. The number of benzene rings is 2. The van der Waals surface area contributed by atoms with E-state index in [0.717, 1.165) is 42.3 Å². The van der Waals surface area contributed by atoms with Gasteiger partial charge < -0.3 is 10.4 Å². The summed E-state index contributed by atoms with van der Waals surface area (Å²) in [6.45, 7) is 1.83. The monoisotopic (exact) mass is 269 g/mol. The Hall–Kier alpha value is -1.87. The van der Waals surface area contributed by atoms with Crippen molar-refractivity contribution >= 4 is 16.7 Å². The first-order valence-corrected chi connectivity index (χ1v) is 7.18. The Kier molecular flexibility index (Phi) is 3.70. The third-order valence-electron chi connectivity index (χ3n) is 4.28. The fraction of sp³-hybridized carbons (Fsp3) is 0.353. The van der Waals surface area contributed by atoms with Gasteiger partial charge in [0.2, 0.25) is 0 Å². The second-order valence-corrected chi connectivity index (χ2v) is 5.47. The smallest absolute Gasteiger partial charge is 0.311 e. The minimum Gasteiger partial charge on any atom is -0.481 e. The number of aliphatic carboxylic acids is 1. The molecule has 2 aromatic rings. The normalized spacial score (nSPS) is 18.0. The number of carboxylic acids is 1. The van der Waals surface area contributed by atoms with Crippen LogP contribution >= 0.6 is 0 Å². The molecular weight excluding hydrogens is 250 g/mol. The molecule has 0 spiro atoms. The molecule has 0 radical (unpaired) electrons. The first-order chi connectivity index (χ1) is 9.77. The molecule has 3 heteroatoms.